The second-order valence-corrected chi connectivity index (χ2v) is 13.8. The average Bonchev–Trinajstić information content (AvgIpc) is 3.29. The van der Waals surface area contributed by atoms with Gasteiger partial charge in [0.1, 0.15) is 0 Å². The van der Waals surface area contributed by atoms with Crippen LogP contribution in [0.4, 0.5) is 0 Å². The Balaban J connectivity index is 1.15. The molecule has 2 heterocycles. The number of pyridine rings is 1. The van der Waals surface area contributed by atoms with Gasteiger partial charge in [-0.1, -0.05) is 200 Å². The van der Waals surface area contributed by atoms with Gasteiger partial charge < -0.3 is 0 Å². The SMILES string of the molecule is c1ccc(-c2ccc(-c3nc(-c4ccc(-c5ccccc5)cc4)nc(-c4ccc5c(c4)nc(-c4ccccc4)c4cccc(-c6ccccc6)c45)n3)cc2)cc1. The molecule has 4 heteroatoms. The Hall–Kier alpha value is -7.56. The van der Waals surface area contributed by atoms with E-state index in [0.29, 0.717) is 17.5 Å². The van der Waals surface area contributed by atoms with Gasteiger partial charge in [-0.2, -0.15) is 0 Å². The van der Waals surface area contributed by atoms with Gasteiger partial charge in [-0.3, -0.25) is 0 Å². The van der Waals surface area contributed by atoms with E-state index in [1.54, 1.807) is 0 Å². The monoisotopic (exact) mass is 714 g/mol. The quantitative estimate of drug-likeness (QED) is 0.154. The molecular formula is C52H34N4. The maximum absolute atomic E-state index is 5.36. The molecule has 0 aliphatic carbocycles. The summed E-state index contributed by atoms with van der Waals surface area (Å²) in [6.07, 6.45) is 0. The first-order valence-electron chi connectivity index (χ1n) is 18.8. The van der Waals surface area contributed by atoms with Crippen LogP contribution in [0.2, 0.25) is 0 Å². The molecule has 10 aromatic rings. The first kappa shape index (κ1) is 33.0. The Labute approximate surface area is 325 Å². The van der Waals surface area contributed by atoms with Gasteiger partial charge >= 0.3 is 0 Å². The van der Waals surface area contributed by atoms with Crippen LogP contribution in [0.15, 0.2) is 206 Å². The fraction of sp³-hybridized carbons (Fsp3) is 0. The molecule has 4 nitrogen and oxygen atoms in total. The maximum atomic E-state index is 5.36. The van der Waals surface area contributed by atoms with Gasteiger partial charge in [-0.25, -0.2) is 19.9 Å². The summed E-state index contributed by atoms with van der Waals surface area (Å²) in [5.74, 6) is 1.81. The summed E-state index contributed by atoms with van der Waals surface area (Å²) >= 11 is 0. The fourth-order valence-corrected chi connectivity index (χ4v) is 7.52. The van der Waals surface area contributed by atoms with E-state index >= 15 is 0 Å². The smallest absolute Gasteiger partial charge is 0.164 e. The van der Waals surface area contributed by atoms with E-state index in [-0.39, 0.29) is 0 Å². The normalized spacial score (nSPS) is 11.2. The zero-order valence-corrected chi connectivity index (χ0v) is 30.4. The molecule has 8 aromatic carbocycles. The molecule has 262 valence electrons. The van der Waals surface area contributed by atoms with E-state index < -0.39 is 0 Å². The summed E-state index contributed by atoms with van der Waals surface area (Å²) in [7, 11) is 0. The lowest BCUT2D eigenvalue weighted by Crippen LogP contribution is -2.00. The van der Waals surface area contributed by atoms with Crippen LogP contribution in [-0.2, 0) is 0 Å². The maximum Gasteiger partial charge on any atom is 0.164 e. The van der Waals surface area contributed by atoms with Crippen molar-refractivity contribution in [2.24, 2.45) is 0 Å². The molecule has 0 saturated heterocycles. The number of hydrogen-bond donors (Lipinski definition) is 0. The predicted molar refractivity (Wildman–Crippen MR) is 231 cm³/mol. The molecule has 0 bridgehead atoms. The summed E-state index contributed by atoms with van der Waals surface area (Å²) in [5, 5.41) is 3.36. The first-order valence-corrected chi connectivity index (χ1v) is 18.8. The highest BCUT2D eigenvalue weighted by atomic mass is 15.0. The molecular weight excluding hydrogens is 681 g/mol. The molecule has 0 unspecified atom stereocenters. The first-order chi connectivity index (χ1) is 27.7. The van der Waals surface area contributed by atoms with Crippen LogP contribution in [0.3, 0.4) is 0 Å². The van der Waals surface area contributed by atoms with Gasteiger partial charge in [-0.15, -0.1) is 0 Å². The summed E-state index contributed by atoms with van der Waals surface area (Å²) in [4.78, 5) is 20.7. The lowest BCUT2D eigenvalue weighted by Gasteiger charge is -2.15. The highest BCUT2D eigenvalue weighted by Gasteiger charge is 2.18. The minimum atomic E-state index is 0.589. The summed E-state index contributed by atoms with van der Waals surface area (Å²) in [6.45, 7) is 0. The van der Waals surface area contributed by atoms with Gasteiger partial charge in [0.15, 0.2) is 17.5 Å². The second-order valence-electron chi connectivity index (χ2n) is 13.8. The van der Waals surface area contributed by atoms with Crippen molar-refractivity contribution in [3.63, 3.8) is 0 Å². The fourth-order valence-electron chi connectivity index (χ4n) is 7.52. The van der Waals surface area contributed by atoms with Crippen LogP contribution in [0.1, 0.15) is 0 Å². The third-order valence-corrected chi connectivity index (χ3v) is 10.3. The lowest BCUT2D eigenvalue weighted by molar-refractivity contribution is 1.07. The largest absolute Gasteiger partial charge is 0.247 e. The Kier molecular flexibility index (Phi) is 8.47. The van der Waals surface area contributed by atoms with E-state index in [0.717, 1.165) is 72.1 Å². The minimum Gasteiger partial charge on any atom is -0.247 e. The van der Waals surface area contributed by atoms with Crippen molar-refractivity contribution in [1.82, 2.24) is 19.9 Å². The molecule has 0 spiro atoms. The van der Waals surface area contributed by atoms with E-state index in [2.05, 4.69) is 188 Å². The second kappa shape index (κ2) is 14.3. The number of rotatable bonds is 7. The summed E-state index contributed by atoms with van der Waals surface area (Å²) < 4.78 is 0. The minimum absolute atomic E-state index is 0.589. The van der Waals surface area contributed by atoms with Crippen LogP contribution in [0.25, 0.3) is 100 Å². The van der Waals surface area contributed by atoms with E-state index in [1.807, 2.05) is 18.2 Å². The van der Waals surface area contributed by atoms with Crippen molar-refractivity contribution in [2.45, 2.75) is 0 Å². The van der Waals surface area contributed by atoms with Crippen LogP contribution in [-0.4, -0.2) is 19.9 Å². The lowest BCUT2D eigenvalue weighted by atomic mass is 9.92. The van der Waals surface area contributed by atoms with Gasteiger partial charge in [0.05, 0.1) is 11.2 Å². The van der Waals surface area contributed by atoms with Gasteiger partial charge in [-0.05, 0) is 39.4 Å². The predicted octanol–water partition coefficient (Wildman–Crippen LogP) is 13.2. The van der Waals surface area contributed by atoms with Crippen LogP contribution in [0.5, 0.6) is 0 Å². The average molecular weight is 715 g/mol. The van der Waals surface area contributed by atoms with Crippen molar-refractivity contribution in [2.75, 3.05) is 0 Å². The number of fused-ring (bicyclic) bond motifs is 3. The molecule has 0 aliphatic heterocycles. The molecule has 0 atom stereocenters. The summed E-state index contributed by atoms with van der Waals surface area (Å²) in [6, 6.07) is 71.6. The molecule has 2 aromatic heterocycles. The molecule has 10 rings (SSSR count). The van der Waals surface area contributed by atoms with Gasteiger partial charge in [0.25, 0.3) is 0 Å². The Bertz CT molecular complexity index is 2860. The molecule has 0 amide bonds. The van der Waals surface area contributed by atoms with Crippen molar-refractivity contribution in [3.8, 4) is 78.8 Å². The van der Waals surface area contributed by atoms with Gasteiger partial charge in [0.2, 0.25) is 0 Å². The highest BCUT2D eigenvalue weighted by Crippen LogP contribution is 2.40. The van der Waals surface area contributed by atoms with Crippen molar-refractivity contribution in [1.29, 1.82) is 0 Å². The summed E-state index contributed by atoms with van der Waals surface area (Å²) in [5.41, 5.74) is 12.5. The number of hydrogen-bond acceptors (Lipinski definition) is 4. The Morgan fingerprint density at radius 2 is 0.661 bits per heavy atom. The molecule has 0 saturated carbocycles. The topological polar surface area (TPSA) is 51.6 Å². The number of aromatic nitrogens is 4. The van der Waals surface area contributed by atoms with E-state index in [1.165, 1.54) is 10.9 Å². The standard InChI is InChI=1S/C52H34N4/c1-5-14-35(15-6-1)37-24-28-41(29-25-37)50-54-51(42-30-26-38(27-31-42)36-16-7-2-8-17-36)56-52(55-50)43-32-33-45-47(34-43)53-49(40-20-11-4-12-21-40)46-23-13-22-44(48(45)46)39-18-9-3-10-19-39/h1-34H. The third kappa shape index (κ3) is 6.29. The molecule has 0 radical (unpaired) electrons. The molecule has 0 aliphatic rings. The molecule has 0 N–H and O–H groups in total. The highest BCUT2D eigenvalue weighted by molar-refractivity contribution is 6.17. The van der Waals surface area contributed by atoms with E-state index in [4.69, 9.17) is 19.9 Å². The van der Waals surface area contributed by atoms with Crippen LogP contribution < -0.4 is 0 Å². The molecule has 0 fully saturated rings. The Morgan fingerprint density at radius 3 is 1.18 bits per heavy atom. The molecule has 56 heavy (non-hydrogen) atoms. The zero-order chi connectivity index (χ0) is 37.3. The van der Waals surface area contributed by atoms with Crippen LogP contribution >= 0.6 is 0 Å². The van der Waals surface area contributed by atoms with Gasteiger partial charge in [0, 0.05) is 38.4 Å². The Morgan fingerprint density at radius 1 is 0.250 bits per heavy atom. The third-order valence-electron chi connectivity index (χ3n) is 10.3. The van der Waals surface area contributed by atoms with Crippen molar-refractivity contribution >= 4 is 21.7 Å². The van der Waals surface area contributed by atoms with Crippen molar-refractivity contribution in [3.05, 3.63) is 206 Å². The van der Waals surface area contributed by atoms with E-state index in [9.17, 15) is 0 Å². The number of benzene rings is 8. The zero-order valence-electron chi connectivity index (χ0n) is 30.4. The number of nitrogens with zero attached hydrogens (tertiary/aromatic N) is 4. The van der Waals surface area contributed by atoms with Crippen LogP contribution in [0, 0.1) is 0 Å². The van der Waals surface area contributed by atoms with Crippen molar-refractivity contribution < 1.29 is 0 Å².